The Balaban J connectivity index is 1.66. The van der Waals surface area contributed by atoms with Crippen molar-refractivity contribution in [2.24, 2.45) is 0 Å². The van der Waals surface area contributed by atoms with Crippen LogP contribution >= 0.6 is 11.6 Å². The maximum atomic E-state index is 15.2. The van der Waals surface area contributed by atoms with Gasteiger partial charge < -0.3 is 4.74 Å². The van der Waals surface area contributed by atoms with Crippen LogP contribution in [0.4, 0.5) is 39.5 Å². The number of hydrogen-bond acceptors (Lipinski definition) is 1. The second-order valence-electron chi connectivity index (χ2n) is 9.22. The van der Waals surface area contributed by atoms with E-state index in [1.165, 1.54) is 12.1 Å². The van der Waals surface area contributed by atoms with Gasteiger partial charge in [0.1, 0.15) is 34.6 Å². The standard InChI is InChI=1S/C30H20ClF9O/c1-2-3-4-5-15-6-7-19(21(32)8-15)16-9-20(31)27(22(33)10-16)17-11-23(34)28(24(35)12-17)30(39,40)41-18-13-25(36)29(38)26(37)14-18/h6-14H,2-5H2,1H3. The maximum Gasteiger partial charge on any atom is 0.432 e. The molecule has 0 heterocycles. The predicted molar refractivity (Wildman–Crippen MR) is 136 cm³/mol. The highest BCUT2D eigenvalue weighted by molar-refractivity contribution is 6.33. The van der Waals surface area contributed by atoms with Gasteiger partial charge in [0.2, 0.25) is 0 Å². The van der Waals surface area contributed by atoms with Gasteiger partial charge in [0, 0.05) is 23.3 Å². The summed E-state index contributed by atoms with van der Waals surface area (Å²) in [6.07, 6.45) is -1.32. The fourth-order valence-corrected chi connectivity index (χ4v) is 4.63. The molecule has 4 aromatic rings. The van der Waals surface area contributed by atoms with Crippen molar-refractivity contribution < 1.29 is 44.3 Å². The molecule has 1 nitrogen and oxygen atoms in total. The van der Waals surface area contributed by atoms with Crippen molar-refractivity contribution in [3.8, 4) is 28.0 Å². The predicted octanol–water partition coefficient (Wildman–Crippen LogP) is 10.5. The Kier molecular flexibility index (Phi) is 8.91. The van der Waals surface area contributed by atoms with Gasteiger partial charge in [-0.3, -0.25) is 0 Å². The Labute approximate surface area is 234 Å². The summed E-state index contributed by atoms with van der Waals surface area (Å²) in [5.74, 6) is -12.5. The van der Waals surface area contributed by atoms with Crippen molar-refractivity contribution in [2.45, 2.75) is 38.7 Å². The molecule has 0 amide bonds. The van der Waals surface area contributed by atoms with E-state index in [1.54, 1.807) is 6.07 Å². The highest BCUT2D eigenvalue weighted by Crippen LogP contribution is 2.41. The van der Waals surface area contributed by atoms with Crippen molar-refractivity contribution >= 4 is 11.6 Å². The first-order valence-electron chi connectivity index (χ1n) is 12.3. The minimum Gasteiger partial charge on any atom is -0.429 e. The molecule has 0 aromatic heterocycles. The van der Waals surface area contributed by atoms with E-state index < -0.39 is 74.3 Å². The van der Waals surface area contributed by atoms with Crippen molar-refractivity contribution in [1.29, 1.82) is 0 Å². The van der Waals surface area contributed by atoms with Gasteiger partial charge in [0.25, 0.3) is 0 Å². The SMILES string of the molecule is CCCCCc1ccc(-c2cc(F)c(-c3cc(F)c(C(F)(F)Oc4cc(F)c(F)c(F)c4)c(F)c3)c(Cl)c2)c(F)c1. The summed E-state index contributed by atoms with van der Waals surface area (Å²) in [6, 6.07) is 7.36. The zero-order valence-corrected chi connectivity index (χ0v) is 22.0. The quantitative estimate of drug-likeness (QED) is 0.105. The first kappa shape index (κ1) is 30.3. The Morgan fingerprint density at radius 2 is 1.29 bits per heavy atom. The molecule has 4 rings (SSSR count). The highest BCUT2D eigenvalue weighted by atomic mass is 35.5. The van der Waals surface area contributed by atoms with Crippen LogP contribution in [0.1, 0.15) is 37.3 Å². The number of alkyl halides is 2. The minimum absolute atomic E-state index is 0.0229. The van der Waals surface area contributed by atoms with Gasteiger partial charge in [0.05, 0.1) is 5.02 Å². The summed E-state index contributed by atoms with van der Waals surface area (Å²) >= 11 is 6.19. The molecule has 11 heteroatoms. The number of rotatable bonds is 9. The third-order valence-corrected chi connectivity index (χ3v) is 6.58. The monoisotopic (exact) mass is 602 g/mol. The van der Waals surface area contributed by atoms with E-state index >= 15 is 4.39 Å². The van der Waals surface area contributed by atoms with Crippen molar-refractivity contribution in [3.63, 3.8) is 0 Å². The number of halogens is 10. The average molecular weight is 603 g/mol. The lowest BCUT2D eigenvalue weighted by atomic mass is 9.96. The van der Waals surface area contributed by atoms with E-state index in [-0.39, 0.29) is 23.3 Å². The molecule has 41 heavy (non-hydrogen) atoms. The van der Waals surface area contributed by atoms with E-state index in [4.69, 9.17) is 11.6 Å². The number of aryl methyl sites for hydroxylation is 1. The second kappa shape index (κ2) is 12.1. The van der Waals surface area contributed by atoms with Crippen molar-refractivity contribution in [2.75, 3.05) is 0 Å². The summed E-state index contributed by atoms with van der Waals surface area (Å²) in [5.41, 5.74) is -2.27. The number of unbranched alkanes of at least 4 members (excludes halogenated alkanes) is 2. The molecule has 0 unspecified atom stereocenters. The molecule has 0 aliphatic heterocycles. The molecule has 0 bridgehead atoms. The van der Waals surface area contributed by atoms with Crippen LogP contribution in [0.3, 0.4) is 0 Å². The second-order valence-corrected chi connectivity index (χ2v) is 9.63. The molecule has 0 spiro atoms. The van der Waals surface area contributed by atoms with Crippen LogP contribution in [0.25, 0.3) is 22.3 Å². The van der Waals surface area contributed by atoms with E-state index in [2.05, 4.69) is 4.74 Å². The van der Waals surface area contributed by atoms with Crippen LogP contribution in [0.5, 0.6) is 5.75 Å². The molecule has 216 valence electrons. The number of hydrogen-bond donors (Lipinski definition) is 0. The van der Waals surface area contributed by atoms with Gasteiger partial charge in [-0.25, -0.2) is 30.7 Å². The lowest BCUT2D eigenvalue weighted by Gasteiger charge is -2.20. The van der Waals surface area contributed by atoms with Gasteiger partial charge in [-0.2, -0.15) is 8.78 Å². The Morgan fingerprint density at radius 3 is 1.85 bits per heavy atom. The van der Waals surface area contributed by atoms with E-state index in [1.807, 2.05) is 6.92 Å². The molecule has 0 aliphatic rings. The Hall–Kier alpha value is -3.66. The van der Waals surface area contributed by atoms with Crippen LogP contribution in [-0.2, 0) is 12.5 Å². The summed E-state index contributed by atoms with van der Waals surface area (Å²) in [7, 11) is 0. The molecule has 0 radical (unpaired) electrons. The van der Waals surface area contributed by atoms with Crippen LogP contribution in [0.2, 0.25) is 5.02 Å². The van der Waals surface area contributed by atoms with E-state index in [9.17, 15) is 35.1 Å². The molecule has 0 N–H and O–H groups in total. The van der Waals surface area contributed by atoms with Gasteiger partial charge >= 0.3 is 6.11 Å². The first-order valence-corrected chi connectivity index (χ1v) is 12.7. The molecule has 0 atom stereocenters. The van der Waals surface area contributed by atoms with Crippen LogP contribution in [0.15, 0.2) is 54.6 Å². The van der Waals surface area contributed by atoms with Gasteiger partial charge in [0.15, 0.2) is 17.5 Å². The molecular weight excluding hydrogens is 583 g/mol. The van der Waals surface area contributed by atoms with Gasteiger partial charge in [-0.1, -0.05) is 43.5 Å². The lowest BCUT2D eigenvalue weighted by Crippen LogP contribution is -2.25. The molecule has 4 aromatic carbocycles. The zero-order chi connectivity index (χ0) is 30.1. The summed E-state index contributed by atoms with van der Waals surface area (Å²) in [5, 5.41) is -0.391. The summed E-state index contributed by atoms with van der Waals surface area (Å²) in [4.78, 5) is 0. The lowest BCUT2D eigenvalue weighted by molar-refractivity contribution is -0.189. The Bertz CT molecular complexity index is 1530. The Morgan fingerprint density at radius 1 is 0.683 bits per heavy atom. The summed E-state index contributed by atoms with van der Waals surface area (Å²) < 4.78 is 133. The van der Waals surface area contributed by atoms with Gasteiger partial charge in [-0.05, 0) is 59.9 Å². The normalized spacial score (nSPS) is 11.7. The van der Waals surface area contributed by atoms with Crippen molar-refractivity contribution in [1.82, 2.24) is 0 Å². The molecule has 0 saturated carbocycles. The molecule has 0 saturated heterocycles. The highest BCUT2D eigenvalue weighted by Gasteiger charge is 2.41. The minimum atomic E-state index is -4.82. The molecular formula is C30H20ClF9O. The van der Waals surface area contributed by atoms with Gasteiger partial charge in [-0.15, -0.1) is 0 Å². The summed E-state index contributed by atoms with van der Waals surface area (Å²) in [6.45, 7) is 2.04. The van der Waals surface area contributed by atoms with E-state index in [0.717, 1.165) is 37.0 Å². The maximum absolute atomic E-state index is 15.2. The van der Waals surface area contributed by atoms with E-state index in [0.29, 0.717) is 18.6 Å². The van der Waals surface area contributed by atoms with Crippen LogP contribution < -0.4 is 4.74 Å². The van der Waals surface area contributed by atoms with Crippen molar-refractivity contribution in [3.05, 3.63) is 111 Å². The third kappa shape index (κ3) is 6.48. The smallest absolute Gasteiger partial charge is 0.429 e. The topological polar surface area (TPSA) is 9.23 Å². The molecule has 0 fully saturated rings. The fourth-order valence-electron chi connectivity index (χ4n) is 4.32. The number of benzene rings is 4. The first-order chi connectivity index (χ1) is 19.3. The largest absolute Gasteiger partial charge is 0.432 e. The average Bonchev–Trinajstić information content (AvgIpc) is 2.86. The molecule has 0 aliphatic carbocycles. The number of ether oxygens (including phenoxy) is 1. The van der Waals surface area contributed by atoms with Crippen LogP contribution in [0, 0.1) is 40.7 Å². The third-order valence-electron chi connectivity index (χ3n) is 6.28. The van der Waals surface area contributed by atoms with Crippen LogP contribution in [-0.4, -0.2) is 0 Å². The zero-order valence-electron chi connectivity index (χ0n) is 21.2. The fraction of sp³-hybridized carbons (Fsp3) is 0.200.